The first-order valence-electron chi connectivity index (χ1n) is 6.70. The number of hydrogen-bond acceptors (Lipinski definition) is 5. The minimum absolute atomic E-state index is 0.147. The van der Waals surface area contributed by atoms with Crippen LogP contribution in [0.3, 0.4) is 0 Å². The maximum atomic E-state index is 12.6. The molecule has 24 heavy (non-hydrogen) atoms. The molecule has 128 valence electrons. The average Bonchev–Trinajstić information content (AvgIpc) is 3.29. The highest BCUT2D eigenvalue weighted by Gasteiger charge is 2.44. The van der Waals surface area contributed by atoms with Gasteiger partial charge < -0.3 is 5.11 Å². The lowest BCUT2D eigenvalue weighted by Gasteiger charge is -2.12. The number of Topliss-reactive ketones (excluding diaryl/α,β-unsaturated/α-hetero) is 2. The predicted molar refractivity (Wildman–Crippen MR) is 71.3 cm³/mol. The summed E-state index contributed by atoms with van der Waals surface area (Å²) in [5, 5.41) is 20.0. The number of aliphatic carboxylic acids is 1. The van der Waals surface area contributed by atoms with Gasteiger partial charge in [0.25, 0.3) is 5.69 Å². The number of hydrogen-bond donors (Lipinski definition) is 1. The van der Waals surface area contributed by atoms with Gasteiger partial charge in [0.1, 0.15) is 0 Å². The lowest BCUT2D eigenvalue weighted by atomic mass is 9.90. The number of ketones is 2. The maximum Gasteiger partial charge on any atom is 0.416 e. The van der Waals surface area contributed by atoms with Crippen molar-refractivity contribution in [2.24, 2.45) is 11.8 Å². The molecular weight excluding hydrogens is 335 g/mol. The smallest absolute Gasteiger partial charge is 0.416 e. The monoisotopic (exact) mass is 345 g/mol. The fraction of sp³-hybridized carbons (Fsp3) is 0.357. The van der Waals surface area contributed by atoms with Crippen LogP contribution in [0.2, 0.25) is 0 Å². The van der Waals surface area contributed by atoms with Gasteiger partial charge in [-0.15, -0.1) is 0 Å². The molecular formula is C14H10F3NO6. The van der Waals surface area contributed by atoms with E-state index in [1.165, 1.54) is 0 Å². The Kier molecular flexibility index (Phi) is 4.41. The predicted octanol–water partition coefficient (Wildman–Crippen LogP) is 2.48. The zero-order valence-electron chi connectivity index (χ0n) is 11.9. The highest BCUT2D eigenvalue weighted by Crippen LogP contribution is 2.36. The molecule has 1 aliphatic rings. The van der Waals surface area contributed by atoms with Gasteiger partial charge in [-0.2, -0.15) is 13.2 Å². The molecule has 1 unspecified atom stereocenters. The Morgan fingerprint density at radius 1 is 1.25 bits per heavy atom. The quantitative estimate of drug-likeness (QED) is 0.367. The second-order valence-electron chi connectivity index (χ2n) is 5.30. The summed E-state index contributed by atoms with van der Waals surface area (Å²) < 4.78 is 37.9. The van der Waals surface area contributed by atoms with E-state index in [9.17, 15) is 37.7 Å². The molecule has 0 aliphatic heterocycles. The first kappa shape index (κ1) is 17.6. The van der Waals surface area contributed by atoms with Gasteiger partial charge in [-0.3, -0.25) is 24.5 Å². The van der Waals surface area contributed by atoms with Crippen LogP contribution in [0.1, 0.15) is 28.8 Å². The van der Waals surface area contributed by atoms with E-state index in [0.717, 1.165) is 0 Å². The van der Waals surface area contributed by atoms with E-state index in [-0.39, 0.29) is 6.07 Å². The van der Waals surface area contributed by atoms with Crippen LogP contribution in [-0.4, -0.2) is 27.6 Å². The molecule has 7 nitrogen and oxygen atoms in total. The molecule has 1 atom stereocenters. The fourth-order valence-corrected chi connectivity index (χ4v) is 2.19. The van der Waals surface area contributed by atoms with Gasteiger partial charge in [0.2, 0.25) is 0 Å². The molecule has 1 aromatic carbocycles. The van der Waals surface area contributed by atoms with Crippen LogP contribution in [0.15, 0.2) is 18.2 Å². The number of rotatable bonds is 6. The molecule has 1 N–H and O–H groups in total. The van der Waals surface area contributed by atoms with E-state index < -0.39 is 57.3 Å². The average molecular weight is 345 g/mol. The SMILES string of the molecule is O=C(O)C(C(=O)c1ccc(C(F)(F)F)cc1[N+](=O)[O-])C(=O)C1CC1. The van der Waals surface area contributed by atoms with Crippen molar-refractivity contribution in [1.29, 1.82) is 0 Å². The zero-order chi connectivity index (χ0) is 18.2. The van der Waals surface area contributed by atoms with E-state index >= 15 is 0 Å². The molecule has 0 radical (unpaired) electrons. The Labute approximate surface area is 132 Å². The van der Waals surface area contributed by atoms with Crippen molar-refractivity contribution >= 4 is 23.2 Å². The molecule has 10 heteroatoms. The summed E-state index contributed by atoms with van der Waals surface area (Å²) in [6.45, 7) is 0. The Morgan fingerprint density at radius 2 is 1.83 bits per heavy atom. The zero-order valence-corrected chi connectivity index (χ0v) is 11.9. The van der Waals surface area contributed by atoms with Gasteiger partial charge >= 0.3 is 12.1 Å². The van der Waals surface area contributed by atoms with Gasteiger partial charge in [-0.25, -0.2) is 0 Å². The topological polar surface area (TPSA) is 115 Å². The highest BCUT2D eigenvalue weighted by atomic mass is 19.4. The van der Waals surface area contributed by atoms with Crippen molar-refractivity contribution in [3.05, 3.63) is 39.4 Å². The van der Waals surface area contributed by atoms with E-state index in [1.807, 2.05) is 0 Å². The Balaban J connectivity index is 2.49. The second-order valence-corrected chi connectivity index (χ2v) is 5.30. The van der Waals surface area contributed by atoms with Gasteiger partial charge in [0.05, 0.1) is 16.1 Å². The van der Waals surface area contributed by atoms with Crippen LogP contribution in [0.5, 0.6) is 0 Å². The Morgan fingerprint density at radius 3 is 2.25 bits per heavy atom. The number of benzene rings is 1. The first-order chi connectivity index (χ1) is 11.0. The largest absolute Gasteiger partial charge is 0.480 e. The van der Waals surface area contributed by atoms with Gasteiger partial charge in [-0.1, -0.05) is 0 Å². The molecule has 1 aliphatic carbocycles. The molecule has 0 spiro atoms. The summed E-state index contributed by atoms with van der Waals surface area (Å²) in [6, 6.07) is 1.11. The first-order valence-corrected chi connectivity index (χ1v) is 6.70. The minimum Gasteiger partial charge on any atom is -0.480 e. The van der Waals surface area contributed by atoms with Crippen molar-refractivity contribution in [3.8, 4) is 0 Å². The summed E-state index contributed by atoms with van der Waals surface area (Å²) in [6.07, 6.45) is -4.06. The standard InChI is InChI=1S/C14H10F3NO6/c15-14(16,17)7-3-4-8(9(5-7)18(23)24)12(20)10(13(21)22)11(19)6-1-2-6/h3-6,10H,1-2H2,(H,21,22). The number of halogens is 3. The number of carboxylic acid groups (broad SMARTS) is 1. The Hall–Kier alpha value is -2.78. The lowest BCUT2D eigenvalue weighted by Crippen LogP contribution is -2.33. The normalized spacial score (nSPS) is 15.6. The van der Waals surface area contributed by atoms with E-state index in [2.05, 4.69) is 0 Å². The molecule has 0 heterocycles. The number of nitrogens with zero attached hydrogens (tertiary/aromatic N) is 1. The van der Waals surface area contributed by atoms with Crippen LogP contribution in [-0.2, 0) is 15.8 Å². The molecule has 0 amide bonds. The van der Waals surface area contributed by atoms with Crippen LogP contribution < -0.4 is 0 Å². The molecule has 2 rings (SSSR count). The summed E-state index contributed by atoms with van der Waals surface area (Å²) in [7, 11) is 0. The molecule has 1 saturated carbocycles. The van der Waals surface area contributed by atoms with Crippen LogP contribution in [0.4, 0.5) is 18.9 Å². The molecule has 1 fully saturated rings. The third-order valence-electron chi connectivity index (χ3n) is 3.56. The van der Waals surface area contributed by atoms with E-state index in [0.29, 0.717) is 25.0 Å². The summed E-state index contributed by atoms with van der Waals surface area (Å²) in [4.78, 5) is 45.1. The number of nitro groups is 1. The van der Waals surface area contributed by atoms with E-state index in [4.69, 9.17) is 5.11 Å². The van der Waals surface area contributed by atoms with Gasteiger partial charge in [0.15, 0.2) is 17.5 Å². The lowest BCUT2D eigenvalue weighted by molar-refractivity contribution is -0.385. The molecule has 0 saturated heterocycles. The third-order valence-corrected chi connectivity index (χ3v) is 3.56. The maximum absolute atomic E-state index is 12.6. The van der Waals surface area contributed by atoms with Crippen molar-refractivity contribution < 1.29 is 37.6 Å². The minimum atomic E-state index is -4.87. The van der Waals surface area contributed by atoms with Crippen molar-refractivity contribution in [2.45, 2.75) is 19.0 Å². The Bertz CT molecular complexity index is 739. The number of alkyl halides is 3. The number of carbonyl (C=O) groups excluding carboxylic acids is 2. The van der Waals surface area contributed by atoms with Crippen molar-refractivity contribution in [3.63, 3.8) is 0 Å². The van der Waals surface area contributed by atoms with Crippen LogP contribution in [0.25, 0.3) is 0 Å². The summed E-state index contributed by atoms with van der Waals surface area (Å²) in [5.41, 5.74) is -3.38. The molecule has 1 aromatic rings. The van der Waals surface area contributed by atoms with Gasteiger partial charge in [0, 0.05) is 12.0 Å². The van der Waals surface area contributed by atoms with Crippen molar-refractivity contribution in [1.82, 2.24) is 0 Å². The second kappa shape index (κ2) is 6.02. The summed E-state index contributed by atoms with van der Waals surface area (Å²) >= 11 is 0. The number of carbonyl (C=O) groups is 3. The number of nitro benzene ring substituents is 1. The molecule has 0 bridgehead atoms. The van der Waals surface area contributed by atoms with E-state index in [1.54, 1.807) is 0 Å². The fourth-order valence-electron chi connectivity index (χ4n) is 2.19. The highest BCUT2D eigenvalue weighted by molar-refractivity contribution is 6.24. The van der Waals surface area contributed by atoms with Crippen LogP contribution in [0, 0.1) is 22.0 Å². The molecule has 0 aromatic heterocycles. The third kappa shape index (κ3) is 3.42. The van der Waals surface area contributed by atoms with Gasteiger partial charge in [-0.05, 0) is 25.0 Å². The number of carboxylic acids is 1. The van der Waals surface area contributed by atoms with Crippen LogP contribution >= 0.6 is 0 Å². The van der Waals surface area contributed by atoms with Crippen molar-refractivity contribution in [2.75, 3.05) is 0 Å². The summed E-state index contributed by atoms with van der Waals surface area (Å²) in [5.74, 6) is -6.83.